The molecule has 1 heteroatoms. The van der Waals surface area contributed by atoms with Crippen molar-refractivity contribution in [1.29, 1.82) is 0 Å². The highest BCUT2D eigenvalue weighted by molar-refractivity contribution is 5.18. The van der Waals surface area contributed by atoms with Gasteiger partial charge in [0.05, 0.1) is 12.2 Å². The van der Waals surface area contributed by atoms with Gasteiger partial charge in [-0.05, 0) is 0 Å². The first-order chi connectivity index (χ1) is 4.35. The normalized spacial score (nSPS) is 4.56. The third-order valence-corrected chi connectivity index (χ3v) is 0.420. The Hall–Kier alpha value is -1.96. The Morgan fingerprint density at radius 2 is 1.56 bits per heavy atom. The molecule has 0 saturated carbocycles. The molecule has 0 aliphatic carbocycles. The average Bonchev–Trinajstić information content (AvgIpc) is 1.91. The van der Waals surface area contributed by atoms with Crippen molar-refractivity contribution in [2.24, 2.45) is 0 Å². The molecule has 40 valence electrons. The van der Waals surface area contributed by atoms with E-state index in [4.69, 9.17) is 19.3 Å². The molecule has 0 bridgehead atoms. The molecule has 0 aromatic heterocycles. The van der Waals surface area contributed by atoms with Gasteiger partial charge in [0.2, 0.25) is 6.11 Å². The molecule has 0 heterocycles. The molecule has 0 amide bonds. The van der Waals surface area contributed by atoms with Crippen LogP contribution >= 0.6 is 0 Å². The third kappa shape index (κ3) is 2.70. The summed E-state index contributed by atoms with van der Waals surface area (Å²) in [6, 6.07) is 0. The molecule has 0 atom stereocenters. The highest BCUT2D eigenvalue weighted by Crippen LogP contribution is 1.82. The summed E-state index contributed by atoms with van der Waals surface area (Å²) in [5.74, 6) is 3.79. The quantitative estimate of drug-likeness (QED) is 0.239. The van der Waals surface area contributed by atoms with Gasteiger partial charge in [-0.1, -0.05) is 0 Å². The minimum atomic E-state index is 1.48. The molecule has 0 aromatic rings. The largest absolute Gasteiger partial charge is 0.585 e. The van der Waals surface area contributed by atoms with E-state index in [2.05, 4.69) is 6.11 Å². The predicted molar refractivity (Wildman–Crippen MR) is 30.3 cm³/mol. The highest BCUT2D eigenvalue weighted by Gasteiger charge is 1.72. The standard InChI is InChI=1S/C8O/c1-4-7-8-9(5-2)6-3/q-2. The molecule has 9 heavy (non-hydrogen) atoms. The van der Waals surface area contributed by atoms with Crippen LogP contribution in [0.3, 0.4) is 0 Å². The summed E-state index contributed by atoms with van der Waals surface area (Å²) in [4.78, 5) is 0. The Labute approximate surface area is 54.7 Å². The summed E-state index contributed by atoms with van der Waals surface area (Å²) in [6.07, 6.45) is 24.6. The van der Waals surface area contributed by atoms with Gasteiger partial charge in [-0.15, -0.1) is 0 Å². The topological polar surface area (TPSA) is 2.70 Å². The van der Waals surface area contributed by atoms with Gasteiger partial charge in [0, 0.05) is 0 Å². The average molecular weight is 112 g/mol. The maximum atomic E-state index is 6.40. The van der Waals surface area contributed by atoms with Crippen LogP contribution in [0.1, 0.15) is 0 Å². The number of rotatable bonds is 0. The maximum Gasteiger partial charge on any atom is 0.221 e. The van der Waals surface area contributed by atoms with Gasteiger partial charge < -0.3 is 23.6 Å². The fourth-order valence-corrected chi connectivity index (χ4v) is 0.153. The van der Waals surface area contributed by atoms with Crippen molar-refractivity contribution in [3.05, 3.63) is 19.3 Å². The van der Waals surface area contributed by atoms with Crippen molar-refractivity contribution in [3.63, 3.8) is 0 Å². The Bertz CT molecular complexity index is 242. The van der Waals surface area contributed by atoms with Crippen molar-refractivity contribution in [3.8, 4) is 30.2 Å². The minimum Gasteiger partial charge on any atom is -0.585 e. The van der Waals surface area contributed by atoms with Gasteiger partial charge in [-0.2, -0.15) is 5.92 Å². The molecule has 0 aliphatic rings. The van der Waals surface area contributed by atoms with Gasteiger partial charge >= 0.3 is 0 Å². The molecule has 0 radical (unpaired) electrons. The van der Waals surface area contributed by atoms with Crippen molar-refractivity contribution in [1.82, 2.24) is 0 Å². The van der Waals surface area contributed by atoms with E-state index >= 15 is 0 Å². The Morgan fingerprint density at radius 1 is 1.00 bits per heavy atom. The zero-order valence-electron chi connectivity index (χ0n) is 4.41. The van der Waals surface area contributed by atoms with Crippen molar-refractivity contribution in [2.75, 3.05) is 0 Å². The fourth-order valence-electron chi connectivity index (χ4n) is 0.153. The summed E-state index contributed by atoms with van der Waals surface area (Å²) < 4.78 is 1.48. The van der Waals surface area contributed by atoms with Gasteiger partial charge in [0.25, 0.3) is 0 Å². The summed E-state index contributed by atoms with van der Waals surface area (Å²) >= 11 is 0. The molecule has 0 rings (SSSR count). The highest BCUT2D eigenvalue weighted by atomic mass is 16.7. The van der Waals surface area contributed by atoms with Crippen LogP contribution < -0.4 is 0 Å². The van der Waals surface area contributed by atoms with Crippen LogP contribution in [0.2, 0.25) is 0 Å². The molecule has 0 unspecified atom stereocenters. The van der Waals surface area contributed by atoms with E-state index < -0.39 is 0 Å². The van der Waals surface area contributed by atoms with E-state index in [1.54, 1.807) is 18.1 Å². The van der Waals surface area contributed by atoms with E-state index in [9.17, 15) is 0 Å². The molecular formula is C8O-2. The molecule has 0 N–H and O–H groups in total. The van der Waals surface area contributed by atoms with Crippen LogP contribution in [-0.4, -0.2) is 0 Å². The SMILES string of the molecule is [C-]#CC#C[O+](C#[C-])C#[C-]. The van der Waals surface area contributed by atoms with Crippen LogP contribution in [0.5, 0.6) is 0 Å². The van der Waals surface area contributed by atoms with Crippen LogP contribution in [0, 0.1) is 49.4 Å². The first-order valence-corrected chi connectivity index (χ1v) is 1.86. The first-order valence-electron chi connectivity index (χ1n) is 1.86. The van der Waals surface area contributed by atoms with Gasteiger partial charge in [0.15, 0.2) is 0 Å². The summed E-state index contributed by atoms with van der Waals surface area (Å²) in [6.45, 7) is 0. The Morgan fingerprint density at radius 3 is 1.89 bits per heavy atom. The van der Waals surface area contributed by atoms with Crippen molar-refractivity contribution >= 4 is 0 Å². The van der Waals surface area contributed by atoms with Crippen LogP contribution in [-0.2, 0) is 4.37 Å². The van der Waals surface area contributed by atoms with Crippen molar-refractivity contribution < 1.29 is 4.37 Å². The lowest BCUT2D eigenvalue weighted by atomic mass is 10.7. The fraction of sp³-hybridized carbons (Fsp3) is 0. The lowest BCUT2D eigenvalue weighted by Gasteiger charge is -2.01. The van der Waals surface area contributed by atoms with Gasteiger partial charge in [-0.25, -0.2) is 0 Å². The molecule has 0 spiro atoms. The zero-order valence-corrected chi connectivity index (χ0v) is 4.41. The smallest absolute Gasteiger partial charge is 0.221 e. The van der Waals surface area contributed by atoms with E-state index in [1.165, 1.54) is 4.37 Å². The maximum absolute atomic E-state index is 6.40. The molecule has 0 fully saturated rings. The summed E-state index contributed by atoms with van der Waals surface area (Å²) in [5.41, 5.74) is 0. The van der Waals surface area contributed by atoms with E-state index in [0.29, 0.717) is 0 Å². The molecular weight excluding hydrogens is 112 g/mol. The molecule has 0 saturated heterocycles. The van der Waals surface area contributed by atoms with E-state index in [1.807, 2.05) is 5.92 Å². The molecule has 0 aromatic carbocycles. The van der Waals surface area contributed by atoms with E-state index in [0.717, 1.165) is 0 Å². The lowest BCUT2D eigenvalue weighted by molar-refractivity contribution is 0.239. The van der Waals surface area contributed by atoms with Crippen LogP contribution in [0.15, 0.2) is 0 Å². The third-order valence-electron chi connectivity index (χ3n) is 0.420. The Kier molecular flexibility index (Phi) is 3.29. The predicted octanol–water partition coefficient (Wildman–Crippen LogP) is 0.184. The van der Waals surface area contributed by atoms with Crippen LogP contribution in [0.4, 0.5) is 0 Å². The van der Waals surface area contributed by atoms with Gasteiger partial charge in [0.1, 0.15) is 0 Å². The number of hydrogen-bond donors (Lipinski definition) is 0. The second-order valence-electron chi connectivity index (χ2n) is 0.862. The van der Waals surface area contributed by atoms with Gasteiger partial charge in [-0.3, -0.25) is 5.92 Å². The summed E-state index contributed by atoms with van der Waals surface area (Å²) in [7, 11) is 0. The van der Waals surface area contributed by atoms with E-state index in [-0.39, 0.29) is 0 Å². The minimum absolute atomic E-state index is 1.48. The monoisotopic (exact) mass is 112 g/mol. The summed E-state index contributed by atoms with van der Waals surface area (Å²) in [5, 5.41) is 0. The first kappa shape index (κ1) is 7.04. The van der Waals surface area contributed by atoms with Crippen molar-refractivity contribution in [2.45, 2.75) is 0 Å². The lowest BCUT2D eigenvalue weighted by Crippen LogP contribution is -1.87. The second kappa shape index (κ2) is 4.21. The molecule has 1 nitrogen and oxygen atoms in total. The second-order valence-corrected chi connectivity index (χ2v) is 0.862. The molecule has 0 aliphatic heterocycles. The van der Waals surface area contributed by atoms with Crippen LogP contribution in [0.25, 0.3) is 0 Å². The Balaban J connectivity index is 4.12. The zero-order chi connectivity index (χ0) is 7.11. The number of hydrogen-bond acceptors (Lipinski definition) is 0.